The number of nitrogens with one attached hydrogen (secondary N) is 1. The third-order valence-corrected chi connectivity index (χ3v) is 5.90. The fourth-order valence-electron chi connectivity index (χ4n) is 1.88. The normalized spacial score (nSPS) is 17.7. The van der Waals surface area contributed by atoms with Gasteiger partial charge in [0.1, 0.15) is 0 Å². The van der Waals surface area contributed by atoms with E-state index in [1.807, 2.05) is 12.1 Å². The summed E-state index contributed by atoms with van der Waals surface area (Å²) in [5.41, 5.74) is 0.930. The monoisotopic (exact) mass is 331 g/mol. The van der Waals surface area contributed by atoms with Crippen molar-refractivity contribution in [3.05, 3.63) is 29.8 Å². The average molecular weight is 332 g/mol. The van der Waals surface area contributed by atoms with Crippen LogP contribution in [-0.4, -0.2) is 19.3 Å². The Bertz CT molecular complexity index is 506. The maximum atomic E-state index is 12.2. The highest BCUT2D eigenvalue weighted by molar-refractivity contribution is 9.09. The van der Waals surface area contributed by atoms with Crippen molar-refractivity contribution >= 4 is 26.0 Å². The SMILES string of the molecule is CCCc1ccc(S(=O)(=O)NC2(CBr)CC2)cc1. The number of alkyl halides is 1. The van der Waals surface area contributed by atoms with Crippen molar-refractivity contribution in [1.29, 1.82) is 0 Å². The van der Waals surface area contributed by atoms with Crippen molar-refractivity contribution in [2.75, 3.05) is 5.33 Å². The lowest BCUT2D eigenvalue weighted by atomic mass is 10.1. The zero-order valence-electron chi connectivity index (χ0n) is 10.4. The molecule has 1 aliphatic rings. The van der Waals surface area contributed by atoms with E-state index in [0.717, 1.165) is 25.7 Å². The minimum absolute atomic E-state index is 0.249. The Balaban J connectivity index is 2.14. The van der Waals surface area contributed by atoms with E-state index in [2.05, 4.69) is 27.6 Å². The van der Waals surface area contributed by atoms with Crippen LogP contribution in [0.15, 0.2) is 29.2 Å². The van der Waals surface area contributed by atoms with Gasteiger partial charge in [0.05, 0.1) is 4.90 Å². The van der Waals surface area contributed by atoms with Gasteiger partial charge in [0.25, 0.3) is 0 Å². The van der Waals surface area contributed by atoms with Gasteiger partial charge in [-0.3, -0.25) is 0 Å². The highest BCUT2D eigenvalue weighted by Crippen LogP contribution is 2.38. The van der Waals surface area contributed by atoms with Gasteiger partial charge in [0.2, 0.25) is 10.0 Å². The predicted molar refractivity (Wildman–Crippen MR) is 76.5 cm³/mol. The van der Waals surface area contributed by atoms with Crippen LogP contribution in [0.2, 0.25) is 0 Å². The van der Waals surface area contributed by atoms with Crippen molar-refractivity contribution in [1.82, 2.24) is 4.72 Å². The minimum atomic E-state index is -3.38. The molecule has 0 amide bonds. The highest BCUT2D eigenvalue weighted by atomic mass is 79.9. The first-order valence-electron chi connectivity index (χ1n) is 6.20. The molecule has 0 heterocycles. The zero-order valence-corrected chi connectivity index (χ0v) is 12.9. The first kappa shape index (κ1) is 14.0. The van der Waals surface area contributed by atoms with Crippen LogP contribution < -0.4 is 4.72 Å². The Hall–Kier alpha value is -0.390. The Kier molecular flexibility index (Phi) is 4.14. The summed E-state index contributed by atoms with van der Waals surface area (Å²) < 4.78 is 27.2. The third-order valence-electron chi connectivity index (χ3n) is 3.23. The Morgan fingerprint density at radius 1 is 1.28 bits per heavy atom. The number of halogens is 1. The van der Waals surface area contributed by atoms with E-state index in [0.29, 0.717) is 10.2 Å². The summed E-state index contributed by atoms with van der Waals surface area (Å²) in [5.74, 6) is 0. The molecule has 1 N–H and O–H groups in total. The Morgan fingerprint density at radius 3 is 2.33 bits per heavy atom. The molecule has 0 aliphatic heterocycles. The molecule has 0 aromatic heterocycles. The maximum Gasteiger partial charge on any atom is 0.241 e. The van der Waals surface area contributed by atoms with Crippen molar-refractivity contribution in [2.45, 2.75) is 43.0 Å². The molecule has 0 bridgehead atoms. The van der Waals surface area contributed by atoms with Gasteiger partial charge in [-0.05, 0) is 37.0 Å². The zero-order chi connectivity index (χ0) is 13.2. The number of benzene rings is 1. The van der Waals surface area contributed by atoms with Crippen molar-refractivity contribution in [2.24, 2.45) is 0 Å². The summed E-state index contributed by atoms with van der Waals surface area (Å²) in [4.78, 5) is 0.356. The first-order valence-corrected chi connectivity index (χ1v) is 8.81. The standard InChI is InChI=1S/C13H18BrNO2S/c1-2-3-11-4-6-12(7-5-11)18(16,17)15-13(10-14)8-9-13/h4-7,15H,2-3,8-10H2,1H3. The third kappa shape index (κ3) is 3.13. The molecule has 1 aromatic rings. The van der Waals surface area contributed by atoms with E-state index in [4.69, 9.17) is 0 Å². The van der Waals surface area contributed by atoms with Gasteiger partial charge in [-0.2, -0.15) is 0 Å². The molecule has 2 rings (SSSR count). The molecule has 18 heavy (non-hydrogen) atoms. The average Bonchev–Trinajstić information content (AvgIpc) is 3.10. The smallest absolute Gasteiger partial charge is 0.207 e. The lowest BCUT2D eigenvalue weighted by Gasteiger charge is -2.14. The number of hydrogen-bond acceptors (Lipinski definition) is 2. The Labute approximate surface area is 117 Å². The van der Waals surface area contributed by atoms with Crippen LogP contribution in [-0.2, 0) is 16.4 Å². The molecule has 0 atom stereocenters. The number of hydrogen-bond donors (Lipinski definition) is 1. The van der Waals surface area contributed by atoms with E-state index >= 15 is 0 Å². The van der Waals surface area contributed by atoms with Crippen molar-refractivity contribution in [3.8, 4) is 0 Å². The summed E-state index contributed by atoms with van der Waals surface area (Å²) in [6.45, 7) is 2.11. The van der Waals surface area contributed by atoms with E-state index in [9.17, 15) is 8.42 Å². The lowest BCUT2D eigenvalue weighted by Crippen LogP contribution is -2.37. The maximum absolute atomic E-state index is 12.2. The molecular weight excluding hydrogens is 314 g/mol. The van der Waals surface area contributed by atoms with E-state index in [1.54, 1.807) is 12.1 Å². The van der Waals surface area contributed by atoms with Gasteiger partial charge < -0.3 is 0 Å². The lowest BCUT2D eigenvalue weighted by molar-refractivity contribution is 0.561. The summed E-state index contributed by atoms with van der Waals surface area (Å²) in [6.07, 6.45) is 3.87. The van der Waals surface area contributed by atoms with Gasteiger partial charge in [0, 0.05) is 10.9 Å². The molecule has 1 fully saturated rings. The highest BCUT2D eigenvalue weighted by Gasteiger charge is 2.45. The fourth-order valence-corrected chi connectivity index (χ4v) is 4.23. The van der Waals surface area contributed by atoms with Crippen LogP contribution >= 0.6 is 15.9 Å². The van der Waals surface area contributed by atoms with Crippen LogP contribution in [0.5, 0.6) is 0 Å². The van der Waals surface area contributed by atoms with E-state index in [1.165, 1.54) is 5.56 Å². The molecule has 0 unspecified atom stereocenters. The molecule has 1 aliphatic carbocycles. The van der Waals surface area contributed by atoms with Gasteiger partial charge in [0.15, 0.2) is 0 Å². The van der Waals surface area contributed by atoms with Crippen LogP contribution in [0.25, 0.3) is 0 Å². The molecule has 1 saturated carbocycles. The second kappa shape index (κ2) is 5.31. The topological polar surface area (TPSA) is 46.2 Å². The Morgan fingerprint density at radius 2 is 1.89 bits per heavy atom. The quantitative estimate of drug-likeness (QED) is 0.814. The summed E-state index contributed by atoms with van der Waals surface area (Å²) in [7, 11) is -3.38. The molecule has 0 radical (unpaired) electrons. The molecule has 0 saturated heterocycles. The number of aryl methyl sites for hydroxylation is 1. The predicted octanol–water partition coefficient (Wildman–Crippen LogP) is 2.84. The summed E-state index contributed by atoms with van der Waals surface area (Å²) in [6, 6.07) is 7.17. The van der Waals surface area contributed by atoms with Crippen LogP contribution in [0.4, 0.5) is 0 Å². The van der Waals surface area contributed by atoms with Crippen LogP contribution in [0.3, 0.4) is 0 Å². The van der Waals surface area contributed by atoms with Crippen LogP contribution in [0.1, 0.15) is 31.7 Å². The number of sulfonamides is 1. The van der Waals surface area contributed by atoms with Crippen molar-refractivity contribution in [3.63, 3.8) is 0 Å². The van der Waals surface area contributed by atoms with Gasteiger partial charge >= 0.3 is 0 Å². The van der Waals surface area contributed by atoms with Gasteiger partial charge in [-0.25, -0.2) is 13.1 Å². The van der Waals surface area contributed by atoms with Crippen molar-refractivity contribution < 1.29 is 8.42 Å². The minimum Gasteiger partial charge on any atom is -0.207 e. The van der Waals surface area contributed by atoms with Gasteiger partial charge in [-0.15, -0.1) is 0 Å². The molecule has 0 spiro atoms. The molecule has 100 valence electrons. The second-order valence-corrected chi connectivity index (χ2v) is 7.16. The molecule has 1 aromatic carbocycles. The summed E-state index contributed by atoms with van der Waals surface area (Å²) >= 11 is 3.36. The fraction of sp³-hybridized carbons (Fsp3) is 0.538. The second-order valence-electron chi connectivity index (χ2n) is 4.91. The first-order chi connectivity index (χ1) is 8.51. The molecular formula is C13H18BrNO2S. The van der Waals surface area contributed by atoms with E-state index in [-0.39, 0.29) is 5.54 Å². The summed E-state index contributed by atoms with van der Waals surface area (Å²) in [5, 5.41) is 0.674. The van der Waals surface area contributed by atoms with Gasteiger partial charge in [-0.1, -0.05) is 41.4 Å². The van der Waals surface area contributed by atoms with E-state index < -0.39 is 10.0 Å². The van der Waals surface area contributed by atoms with Crippen LogP contribution in [0, 0.1) is 0 Å². The molecule has 5 heteroatoms. The molecule has 3 nitrogen and oxygen atoms in total. The number of rotatable bonds is 6. The largest absolute Gasteiger partial charge is 0.241 e.